The van der Waals surface area contributed by atoms with Crippen LogP contribution in [0.25, 0.3) is 0 Å². The molecule has 1 aromatic carbocycles. The monoisotopic (exact) mass is 294 g/mol. The SMILES string of the molecule is CC(NC(=O)CCSc1ccc(F)cc1)c1ncn[nH]1. The van der Waals surface area contributed by atoms with Crippen molar-refractivity contribution >= 4 is 17.7 Å². The molecule has 0 fully saturated rings. The zero-order chi connectivity index (χ0) is 14.4. The molecule has 20 heavy (non-hydrogen) atoms. The number of halogens is 1. The molecular weight excluding hydrogens is 279 g/mol. The minimum absolute atomic E-state index is 0.0523. The number of carbonyl (C=O) groups is 1. The van der Waals surface area contributed by atoms with Crippen molar-refractivity contribution in [2.45, 2.75) is 24.3 Å². The van der Waals surface area contributed by atoms with Gasteiger partial charge in [-0.15, -0.1) is 11.8 Å². The molecule has 1 atom stereocenters. The number of thioether (sulfide) groups is 1. The first-order valence-electron chi connectivity index (χ1n) is 6.18. The molecule has 2 N–H and O–H groups in total. The van der Waals surface area contributed by atoms with E-state index in [2.05, 4.69) is 20.5 Å². The summed E-state index contributed by atoms with van der Waals surface area (Å²) in [5.41, 5.74) is 0. The van der Waals surface area contributed by atoms with E-state index >= 15 is 0 Å². The molecule has 1 heterocycles. The Morgan fingerprint density at radius 3 is 2.85 bits per heavy atom. The quantitative estimate of drug-likeness (QED) is 0.802. The second-order valence-corrected chi connectivity index (χ2v) is 5.38. The summed E-state index contributed by atoms with van der Waals surface area (Å²) in [5.74, 6) is 0.960. The first-order valence-corrected chi connectivity index (χ1v) is 7.16. The minimum atomic E-state index is -0.257. The minimum Gasteiger partial charge on any atom is -0.346 e. The van der Waals surface area contributed by atoms with Crippen LogP contribution < -0.4 is 5.32 Å². The van der Waals surface area contributed by atoms with Crippen LogP contribution in [0.5, 0.6) is 0 Å². The average molecular weight is 294 g/mol. The number of amides is 1. The van der Waals surface area contributed by atoms with Crippen LogP contribution in [-0.4, -0.2) is 26.8 Å². The Kier molecular flexibility index (Phi) is 5.11. The maximum Gasteiger partial charge on any atom is 0.221 e. The van der Waals surface area contributed by atoms with E-state index in [9.17, 15) is 9.18 Å². The molecule has 0 spiro atoms. The smallest absolute Gasteiger partial charge is 0.221 e. The normalized spacial score (nSPS) is 12.1. The molecule has 2 rings (SSSR count). The number of hydrogen-bond acceptors (Lipinski definition) is 4. The zero-order valence-electron chi connectivity index (χ0n) is 11.0. The van der Waals surface area contributed by atoms with Crippen LogP contribution in [-0.2, 0) is 4.79 Å². The van der Waals surface area contributed by atoms with Gasteiger partial charge in [0.1, 0.15) is 18.0 Å². The number of carbonyl (C=O) groups excluding carboxylic acids is 1. The average Bonchev–Trinajstić information content (AvgIpc) is 2.95. The van der Waals surface area contributed by atoms with Gasteiger partial charge in [-0.05, 0) is 31.2 Å². The highest BCUT2D eigenvalue weighted by atomic mass is 32.2. The summed E-state index contributed by atoms with van der Waals surface area (Å²) in [6.45, 7) is 1.84. The van der Waals surface area contributed by atoms with E-state index in [1.54, 1.807) is 12.1 Å². The fraction of sp³-hybridized carbons (Fsp3) is 0.308. The molecule has 106 valence electrons. The Morgan fingerprint density at radius 2 is 2.20 bits per heavy atom. The molecule has 2 aromatic rings. The molecule has 0 bridgehead atoms. The van der Waals surface area contributed by atoms with E-state index in [1.165, 1.54) is 30.2 Å². The van der Waals surface area contributed by atoms with Gasteiger partial charge in [0.05, 0.1) is 6.04 Å². The number of H-pyrrole nitrogens is 1. The van der Waals surface area contributed by atoms with Gasteiger partial charge in [0.2, 0.25) is 5.91 Å². The van der Waals surface area contributed by atoms with Crippen LogP contribution in [0.3, 0.4) is 0 Å². The molecule has 1 aromatic heterocycles. The summed E-state index contributed by atoms with van der Waals surface area (Å²) in [5, 5.41) is 9.28. The highest BCUT2D eigenvalue weighted by Gasteiger charge is 2.11. The Morgan fingerprint density at radius 1 is 1.45 bits per heavy atom. The number of nitrogens with one attached hydrogen (secondary N) is 2. The maximum absolute atomic E-state index is 12.7. The maximum atomic E-state index is 12.7. The predicted molar refractivity (Wildman–Crippen MR) is 74.7 cm³/mol. The summed E-state index contributed by atoms with van der Waals surface area (Å²) in [4.78, 5) is 16.7. The van der Waals surface area contributed by atoms with Crippen molar-refractivity contribution in [2.75, 3.05) is 5.75 Å². The summed E-state index contributed by atoms with van der Waals surface area (Å²) in [7, 11) is 0. The van der Waals surface area contributed by atoms with Crippen molar-refractivity contribution in [3.8, 4) is 0 Å². The molecule has 0 aliphatic rings. The lowest BCUT2D eigenvalue weighted by Gasteiger charge is -2.10. The second-order valence-electron chi connectivity index (χ2n) is 4.21. The van der Waals surface area contributed by atoms with Crippen molar-refractivity contribution < 1.29 is 9.18 Å². The fourth-order valence-electron chi connectivity index (χ4n) is 1.60. The highest BCUT2D eigenvalue weighted by molar-refractivity contribution is 7.99. The van der Waals surface area contributed by atoms with E-state index in [0.29, 0.717) is 18.0 Å². The third-order valence-electron chi connectivity index (χ3n) is 2.63. The van der Waals surface area contributed by atoms with Crippen molar-refractivity contribution in [2.24, 2.45) is 0 Å². The third kappa shape index (κ3) is 4.34. The number of rotatable bonds is 6. The van der Waals surface area contributed by atoms with Gasteiger partial charge in [0.25, 0.3) is 0 Å². The number of aromatic amines is 1. The van der Waals surface area contributed by atoms with Gasteiger partial charge in [-0.3, -0.25) is 9.89 Å². The van der Waals surface area contributed by atoms with Crippen LogP contribution >= 0.6 is 11.8 Å². The van der Waals surface area contributed by atoms with Crippen LogP contribution in [0.15, 0.2) is 35.5 Å². The van der Waals surface area contributed by atoms with Crippen LogP contribution in [0, 0.1) is 5.82 Å². The molecule has 0 saturated carbocycles. The van der Waals surface area contributed by atoms with Crippen molar-refractivity contribution in [1.82, 2.24) is 20.5 Å². The van der Waals surface area contributed by atoms with Gasteiger partial charge < -0.3 is 5.32 Å². The Bertz CT molecular complexity index is 544. The zero-order valence-corrected chi connectivity index (χ0v) is 11.8. The van der Waals surface area contributed by atoms with E-state index in [0.717, 1.165) is 4.90 Å². The third-order valence-corrected chi connectivity index (χ3v) is 3.65. The summed E-state index contributed by atoms with van der Waals surface area (Å²) in [6.07, 6.45) is 1.79. The Labute approximate surface area is 120 Å². The van der Waals surface area contributed by atoms with Crippen LogP contribution in [0.4, 0.5) is 4.39 Å². The van der Waals surface area contributed by atoms with Crippen molar-refractivity contribution in [3.63, 3.8) is 0 Å². The first kappa shape index (κ1) is 14.5. The van der Waals surface area contributed by atoms with Crippen molar-refractivity contribution in [1.29, 1.82) is 0 Å². The van der Waals surface area contributed by atoms with E-state index in [1.807, 2.05) is 6.92 Å². The second kappa shape index (κ2) is 7.04. The molecule has 1 amide bonds. The number of hydrogen-bond donors (Lipinski definition) is 2. The van der Waals surface area contributed by atoms with Crippen LogP contribution in [0.2, 0.25) is 0 Å². The van der Waals surface area contributed by atoms with Gasteiger partial charge in [-0.2, -0.15) is 5.10 Å². The summed E-state index contributed by atoms with van der Waals surface area (Å²) in [6, 6.07) is 6.04. The van der Waals surface area contributed by atoms with Gasteiger partial charge in [0, 0.05) is 17.1 Å². The van der Waals surface area contributed by atoms with Crippen LogP contribution in [0.1, 0.15) is 25.2 Å². The van der Waals surface area contributed by atoms with Gasteiger partial charge >= 0.3 is 0 Å². The molecule has 5 nitrogen and oxygen atoms in total. The molecule has 7 heteroatoms. The summed E-state index contributed by atoms with van der Waals surface area (Å²) < 4.78 is 12.7. The van der Waals surface area contributed by atoms with Crippen molar-refractivity contribution in [3.05, 3.63) is 42.2 Å². The molecule has 0 radical (unpaired) electrons. The fourth-order valence-corrected chi connectivity index (χ4v) is 2.45. The van der Waals surface area contributed by atoms with E-state index in [-0.39, 0.29) is 17.8 Å². The number of nitrogens with zero attached hydrogens (tertiary/aromatic N) is 2. The number of aromatic nitrogens is 3. The molecule has 1 unspecified atom stereocenters. The first-order chi connectivity index (χ1) is 9.65. The molecule has 0 aliphatic carbocycles. The highest BCUT2D eigenvalue weighted by Crippen LogP contribution is 2.18. The lowest BCUT2D eigenvalue weighted by Crippen LogP contribution is -2.27. The standard InChI is InChI=1S/C13H15FN4OS/c1-9(13-15-8-16-18-13)17-12(19)6-7-20-11-4-2-10(14)3-5-11/h2-5,8-9H,6-7H2,1H3,(H,17,19)(H,15,16,18). The molecule has 0 saturated heterocycles. The largest absolute Gasteiger partial charge is 0.346 e. The van der Waals surface area contributed by atoms with Gasteiger partial charge in [-0.25, -0.2) is 9.37 Å². The molecule has 0 aliphatic heterocycles. The van der Waals surface area contributed by atoms with E-state index in [4.69, 9.17) is 0 Å². The Balaban J connectivity index is 1.71. The van der Waals surface area contributed by atoms with Gasteiger partial charge in [-0.1, -0.05) is 0 Å². The number of benzene rings is 1. The van der Waals surface area contributed by atoms with Gasteiger partial charge in [0.15, 0.2) is 0 Å². The predicted octanol–water partition coefficient (Wildman–Crippen LogP) is 2.30. The topological polar surface area (TPSA) is 70.7 Å². The lowest BCUT2D eigenvalue weighted by molar-refractivity contribution is -0.121. The lowest BCUT2D eigenvalue weighted by atomic mass is 10.3. The summed E-state index contributed by atoms with van der Waals surface area (Å²) >= 11 is 1.52. The molecular formula is C13H15FN4OS. The Hall–Kier alpha value is -1.89. The van der Waals surface area contributed by atoms with E-state index < -0.39 is 0 Å².